The third-order valence-electron chi connectivity index (χ3n) is 4.33. The van der Waals surface area contributed by atoms with Crippen molar-refractivity contribution in [1.82, 2.24) is 0 Å². The topological polar surface area (TPSA) is 38.3 Å². The highest BCUT2D eigenvalue weighted by atomic mass is 35.5. The second kappa shape index (κ2) is 5.65. The Morgan fingerprint density at radius 2 is 1.95 bits per heavy atom. The van der Waals surface area contributed by atoms with E-state index in [-0.39, 0.29) is 11.4 Å². The van der Waals surface area contributed by atoms with Crippen molar-refractivity contribution in [3.8, 4) is 0 Å². The number of hydrogen-bond donors (Lipinski definition) is 1. The molecule has 0 saturated heterocycles. The molecule has 1 atom stereocenters. The van der Waals surface area contributed by atoms with Crippen LogP contribution in [0.2, 0.25) is 5.02 Å². The molecule has 1 aromatic carbocycles. The van der Waals surface area contributed by atoms with Gasteiger partial charge in [0.2, 0.25) is 0 Å². The van der Waals surface area contributed by atoms with Gasteiger partial charge in [-0.3, -0.25) is 0 Å². The number of hydrogen-bond acceptors (Lipinski definition) is 3. The molecule has 1 aliphatic rings. The molecular weight excluding hydrogens is 274 g/mol. The van der Waals surface area contributed by atoms with Gasteiger partial charge in [-0.25, -0.2) is 4.79 Å². The lowest BCUT2D eigenvalue weighted by molar-refractivity contribution is -0.151. The number of carbonyl (C=O) groups excluding carboxylic acids is 1. The van der Waals surface area contributed by atoms with E-state index in [0.717, 1.165) is 24.9 Å². The number of anilines is 1. The standard InChI is InChI=1S/C16H22ClNO2/c1-4-20-14(19)16(11-5-10-15(16,2)3)18-13-8-6-12(17)7-9-13/h6-9,18H,4-5,10-11H2,1-3H3. The number of benzene rings is 1. The Morgan fingerprint density at radius 1 is 1.30 bits per heavy atom. The van der Waals surface area contributed by atoms with Crippen LogP contribution in [0.1, 0.15) is 40.0 Å². The van der Waals surface area contributed by atoms with Crippen LogP contribution in [0.3, 0.4) is 0 Å². The first-order valence-electron chi connectivity index (χ1n) is 7.12. The van der Waals surface area contributed by atoms with Crippen LogP contribution >= 0.6 is 11.6 Å². The maximum Gasteiger partial charge on any atom is 0.332 e. The van der Waals surface area contributed by atoms with E-state index in [2.05, 4.69) is 19.2 Å². The Balaban J connectivity index is 2.32. The van der Waals surface area contributed by atoms with Crippen molar-refractivity contribution in [3.05, 3.63) is 29.3 Å². The Labute approximate surface area is 125 Å². The van der Waals surface area contributed by atoms with Crippen LogP contribution in [0, 0.1) is 5.41 Å². The maximum atomic E-state index is 12.5. The first-order chi connectivity index (χ1) is 9.41. The first kappa shape index (κ1) is 15.2. The lowest BCUT2D eigenvalue weighted by Crippen LogP contribution is -2.54. The third kappa shape index (κ3) is 2.64. The van der Waals surface area contributed by atoms with E-state index in [1.54, 1.807) is 0 Å². The first-order valence-corrected chi connectivity index (χ1v) is 7.50. The minimum absolute atomic E-state index is 0.140. The molecule has 1 aliphatic carbocycles. The zero-order chi connectivity index (χ0) is 14.8. The molecule has 0 radical (unpaired) electrons. The minimum Gasteiger partial charge on any atom is -0.464 e. The smallest absolute Gasteiger partial charge is 0.332 e. The van der Waals surface area contributed by atoms with Gasteiger partial charge in [0.15, 0.2) is 0 Å². The number of nitrogens with one attached hydrogen (secondary N) is 1. The fourth-order valence-electron chi connectivity index (χ4n) is 3.04. The molecule has 0 heterocycles. The minimum atomic E-state index is -0.656. The lowest BCUT2D eigenvalue weighted by Gasteiger charge is -2.40. The molecule has 1 saturated carbocycles. The molecule has 1 fully saturated rings. The van der Waals surface area contributed by atoms with Gasteiger partial charge in [0.25, 0.3) is 0 Å². The van der Waals surface area contributed by atoms with Crippen LogP contribution in [0.4, 0.5) is 5.69 Å². The lowest BCUT2D eigenvalue weighted by atomic mass is 9.74. The molecule has 0 aromatic heterocycles. The average molecular weight is 296 g/mol. The van der Waals surface area contributed by atoms with Crippen molar-refractivity contribution in [3.63, 3.8) is 0 Å². The van der Waals surface area contributed by atoms with Gasteiger partial charge in [0.05, 0.1) is 6.61 Å². The predicted octanol–water partition coefficient (Wildman–Crippen LogP) is 4.26. The van der Waals surface area contributed by atoms with E-state index in [1.165, 1.54) is 0 Å². The highest BCUT2D eigenvalue weighted by Crippen LogP contribution is 2.48. The van der Waals surface area contributed by atoms with Gasteiger partial charge in [0.1, 0.15) is 5.54 Å². The number of ether oxygens (including phenoxy) is 1. The SMILES string of the molecule is CCOC(=O)C1(Nc2ccc(Cl)cc2)CCCC1(C)C. The molecule has 2 rings (SSSR count). The molecule has 0 aliphatic heterocycles. The van der Waals surface area contributed by atoms with Gasteiger partial charge in [-0.05, 0) is 55.9 Å². The van der Waals surface area contributed by atoms with E-state index >= 15 is 0 Å². The predicted molar refractivity (Wildman–Crippen MR) is 82.1 cm³/mol. The molecule has 0 bridgehead atoms. The van der Waals surface area contributed by atoms with Crippen molar-refractivity contribution in [1.29, 1.82) is 0 Å². The van der Waals surface area contributed by atoms with Gasteiger partial charge in [-0.2, -0.15) is 0 Å². The summed E-state index contributed by atoms with van der Waals surface area (Å²) < 4.78 is 5.33. The number of rotatable bonds is 4. The van der Waals surface area contributed by atoms with E-state index in [4.69, 9.17) is 16.3 Å². The summed E-state index contributed by atoms with van der Waals surface area (Å²) in [6.07, 6.45) is 2.82. The summed E-state index contributed by atoms with van der Waals surface area (Å²) in [6.45, 7) is 6.49. The Bertz CT molecular complexity index is 484. The van der Waals surface area contributed by atoms with Crippen molar-refractivity contribution in [2.45, 2.75) is 45.6 Å². The molecule has 20 heavy (non-hydrogen) atoms. The third-order valence-corrected chi connectivity index (χ3v) is 4.59. The van der Waals surface area contributed by atoms with Gasteiger partial charge < -0.3 is 10.1 Å². The van der Waals surface area contributed by atoms with Crippen molar-refractivity contribution in [2.24, 2.45) is 5.41 Å². The zero-order valence-electron chi connectivity index (χ0n) is 12.3. The summed E-state index contributed by atoms with van der Waals surface area (Å²) in [5, 5.41) is 4.11. The summed E-state index contributed by atoms with van der Waals surface area (Å²) in [5.41, 5.74) is 0.104. The fourth-order valence-corrected chi connectivity index (χ4v) is 3.17. The normalized spacial score (nSPS) is 24.4. The second-order valence-electron chi connectivity index (χ2n) is 6.00. The van der Waals surface area contributed by atoms with Crippen molar-refractivity contribution >= 4 is 23.3 Å². The monoisotopic (exact) mass is 295 g/mol. The van der Waals surface area contributed by atoms with Gasteiger partial charge in [0, 0.05) is 10.7 Å². The molecule has 4 heteroatoms. The number of halogens is 1. The average Bonchev–Trinajstić information content (AvgIpc) is 2.69. The maximum absolute atomic E-state index is 12.5. The molecule has 1 aromatic rings. The van der Waals surface area contributed by atoms with Crippen LogP contribution in [0.25, 0.3) is 0 Å². The van der Waals surface area contributed by atoms with Gasteiger partial charge >= 0.3 is 5.97 Å². The molecule has 3 nitrogen and oxygen atoms in total. The Kier molecular flexibility index (Phi) is 4.28. The number of esters is 1. The van der Waals surface area contributed by atoms with E-state index < -0.39 is 5.54 Å². The number of carbonyl (C=O) groups is 1. The molecule has 1 N–H and O–H groups in total. The highest BCUT2D eigenvalue weighted by molar-refractivity contribution is 6.30. The van der Waals surface area contributed by atoms with Crippen LogP contribution in [-0.4, -0.2) is 18.1 Å². The van der Waals surface area contributed by atoms with Crippen LogP contribution < -0.4 is 5.32 Å². The van der Waals surface area contributed by atoms with Crippen LogP contribution in [0.15, 0.2) is 24.3 Å². The van der Waals surface area contributed by atoms with Gasteiger partial charge in [-0.1, -0.05) is 25.4 Å². The summed E-state index contributed by atoms with van der Waals surface area (Å²) in [4.78, 5) is 12.5. The summed E-state index contributed by atoms with van der Waals surface area (Å²) >= 11 is 5.91. The van der Waals surface area contributed by atoms with E-state index in [1.807, 2.05) is 31.2 Å². The Morgan fingerprint density at radius 3 is 2.45 bits per heavy atom. The van der Waals surface area contributed by atoms with E-state index in [0.29, 0.717) is 11.6 Å². The quantitative estimate of drug-likeness (QED) is 0.843. The van der Waals surface area contributed by atoms with E-state index in [9.17, 15) is 4.79 Å². The molecule has 0 amide bonds. The second-order valence-corrected chi connectivity index (χ2v) is 6.43. The largest absolute Gasteiger partial charge is 0.464 e. The molecule has 110 valence electrons. The van der Waals surface area contributed by atoms with Crippen molar-refractivity contribution < 1.29 is 9.53 Å². The molecular formula is C16H22ClNO2. The van der Waals surface area contributed by atoms with Gasteiger partial charge in [-0.15, -0.1) is 0 Å². The highest BCUT2D eigenvalue weighted by Gasteiger charge is 2.55. The Hall–Kier alpha value is -1.22. The zero-order valence-corrected chi connectivity index (χ0v) is 13.1. The molecule has 0 spiro atoms. The van der Waals surface area contributed by atoms with Crippen LogP contribution in [0.5, 0.6) is 0 Å². The van der Waals surface area contributed by atoms with Crippen molar-refractivity contribution in [2.75, 3.05) is 11.9 Å². The fraction of sp³-hybridized carbons (Fsp3) is 0.562. The summed E-state index contributed by atoms with van der Waals surface area (Å²) in [5.74, 6) is -0.155. The molecule has 1 unspecified atom stereocenters. The summed E-state index contributed by atoms with van der Waals surface area (Å²) in [6, 6.07) is 7.45. The van der Waals surface area contributed by atoms with Crippen LogP contribution in [-0.2, 0) is 9.53 Å². The summed E-state index contributed by atoms with van der Waals surface area (Å²) in [7, 11) is 0.